The van der Waals surface area contributed by atoms with Crippen LogP contribution in [0.1, 0.15) is 53.9 Å². The van der Waals surface area contributed by atoms with Crippen LogP contribution in [-0.2, 0) is 26.4 Å². The first-order chi connectivity index (χ1) is 17.7. The molecule has 0 amide bonds. The number of hydrogen-bond donors (Lipinski definition) is 1. The quantitative estimate of drug-likeness (QED) is 0.392. The van der Waals surface area contributed by atoms with Gasteiger partial charge in [0.1, 0.15) is 5.82 Å². The summed E-state index contributed by atoms with van der Waals surface area (Å²) in [5.74, 6) is 2.37. The SMILES string of the molecule is CCN1CCc2cn(-c3ccc(-c4nc(Cc5ccc6[nH]ncc6c5C5CC5)n(C)n4)cc3)nc2C1. The molecule has 36 heavy (non-hydrogen) atoms. The molecule has 1 aliphatic carbocycles. The van der Waals surface area contributed by atoms with E-state index in [2.05, 4.69) is 64.6 Å². The molecule has 5 aromatic rings. The van der Waals surface area contributed by atoms with Crippen molar-refractivity contribution in [2.45, 2.75) is 45.1 Å². The Morgan fingerprint density at radius 1 is 1.06 bits per heavy atom. The number of nitrogens with zero attached hydrogens (tertiary/aromatic N) is 7. The normalized spacial score (nSPS) is 16.1. The van der Waals surface area contributed by atoms with Crippen LogP contribution in [0.25, 0.3) is 28.0 Å². The Morgan fingerprint density at radius 3 is 2.72 bits per heavy atom. The number of rotatable bonds is 6. The number of benzene rings is 2. The molecule has 3 aromatic heterocycles. The van der Waals surface area contributed by atoms with Gasteiger partial charge in [-0.3, -0.25) is 14.7 Å². The Morgan fingerprint density at radius 2 is 1.92 bits per heavy atom. The van der Waals surface area contributed by atoms with Crippen molar-refractivity contribution in [3.8, 4) is 17.1 Å². The lowest BCUT2D eigenvalue weighted by molar-refractivity contribution is 0.264. The van der Waals surface area contributed by atoms with Crippen LogP contribution in [0, 0.1) is 0 Å². The molecule has 0 radical (unpaired) electrons. The van der Waals surface area contributed by atoms with E-state index in [4.69, 9.17) is 15.2 Å². The minimum Gasteiger partial charge on any atom is -0.297 e. The predicted molar refractivity (Wildman–Crippen MR) is 139 cm³/mol. The molecule has 7 rings (SSSR count). The molecular weight excluding hydrogens is 448 g/mol. The summed E-state index contributed by atoms with van der Waals surface area (Å²) in [6.07, 6.45) is 8.49. The lowest BCUT2D eigenvalue weighted by atomic mass is 9.97. The van der Waals surface area contributed by atoms with Gasteiger partial charge in [-0.25, -0.2) is 9.67 Å². The van der Waals surface area contributed by atoms with Crippen molar-refractivity contribution < 1.29 is 0 Å². The highest BCUT2D eigenvalue weighted by molar-refractivity contribution is 5.84. The standard InChI is InChI=1S/C28H30N8/c1-3-35-13-12-21-16-36(32-25(21)17-35)22-9-6-19(7-10-22)28-30-26(34(2)33-28)14-20-8-11-24-23(15-29-31-24)27(20)18-4-5-18/h6-11,15-16,18H,3-5,12-14,17H2,1-2H3,(H,29,31). The monoisotopic (exact) mass is 478 g/mol. The minimum atomic E-state index is 0.638. The van der Waals surface area contributed by atoms with E-state index in [0.29, 0.717) is 5.92 Å². The molecule has 2 aromatic carbocycles. The van der Waals surface area contributed by atoms with Crippen LogP contribution >= 0.6 is 0 Å². The van der Waals surface area contributed by atoms with Gasteiger partial charge in [0.2, 0.25) is 0 Å². The highest BCUT2D eigenvalue weighted by Gasteiger charge is 2.29. The molecular formula is C28H30N8. The molecule has 8 nitrogen and oxygen atoms in total. The average Bonchev–Trinajstić information content (AvgIpc) is 3.30. The van der Waals surface area contributed by atoms with E-state index in [-0.39, 0.29) is 0 Å². The molecule has 182 valence electrons. The zero-order chi connectivity index (χ0) is 24.2. The van der Waals surface area contributed by atoms with Gasteiger partial charge < -0.3 is 0 Å². The van der Waals surface area contributed by atoms with Gasteiger partial charge in [0, 0.05) is 43.7 Å². The molecule has 1 saturated carbocycles. The summed E-state index contributed by atoms with van der Waals surface area (Å²) in [4.78, 5) is 7.38. The van der Waals surface area contributed by atoms with Gasteiger partial charge in [0.15, 0.2) is 5.82 Å². The van der Waals surface area contributed by atoms with Crippen LogP contribution in [0.4, 0.5) is 0 Å². The highest BCUT2D eigenvalue weighted by Crippen LogP contribution is 2.45. The van der Waals surface area contributed by atoms with Crippen LogP contribution in [0.5, 0.6) is 0 Å². The molecule has 1 aliphatic heterocycles. The van der Waals surface area contributed by atoms with Gasteiger partial charge in [-0.1, -0.05) is 13.0 Å². The Bertz CT molecular complexity index is 1550. The topological polar surface area (TPSA) is 80.5 Å². The molecule has 0 saturated heterocycles. The second-order valence-corrected chi connectivity index (χ2v) is 10.1. The second-order valence-electron chi connectivity index (χ2n) is 10.1. The fourth-order valence-corrected chi connectivity index (χ4v) is 5.48. The predicted octanol–water partition coefficient (Wildman–Crippen LogP) is 4.39. The Kier molecular flexibility index (Phi) is 5.02. The maximum absolute atomic E-state index is 4.94. The van der Waals surface area contributed by atoms with Gasteiger partial charge in [0.25, 0.3) is 0 Å². The third kappa shape index (κ3) is 3.73. The summed E-state index contributed by atoms with van der Waals surface area (Å²) in [6, 6.07) is 12.8. The van der Waals surface area contributed by atoms with Crippen LogP contribution in [0.15, 0.2) is 48.8 Å². The largest absolute Gasteiger partial charge is 0.297 e. The molecule has 0 bridgehead atoms. The fourth-order valence-electron chi connectivity index (χ4n) is 5.48. The second kappa shape index (κ2) is 8.41. The van der Waals surface area contributed by atoms with Crippen molar-refractivity contribution in [1.29, 1.82) is 0 Å². The summed E-state index contributed by atoms with van der Waals surface area (Å²) in [6.45, 7) is 5.33. The zero-order valence-corrected chi connectivity index (χ0v) is 20.8. The summed E-state index contributed by atoms with van der Waals surface area (Å²) in [7, 11) is 1.99. The van der Waals surface area contributed by atoms with Gasteiger partial charge in [-0.2, -0.15) is 15.3 Å². The van der Waals surface area contributed by atoms with Crippen LogP contribution in [0.2, 0.25) is 0 Å². The Hall–Kier alpha value is -3.78. The summed E-state index contributed by atoms with van der Waals surface area (Å²) < 4.78 is 3.93. The fraction of sp³-hybridized carbons (Fsp3) is 0.357. The van der Waals surface area contributed by atoms with E-state index in [0.717, 1.165) is 60.9 Å². The first-order valence-electron chi connectivity index (χ1n) is 12.9. The molecule has 0 atom stereocenters. The number of aryl methyl sites for hydroxylation is 1. The molecule has 1 fully saturated rings. The summed E-state index contributed by atoms with van der Waals surface area (Å²) >= 11 is 0. The number of H-pyrrole nitrogens is 1. The molecule has 0 unspecified atom stereocenters. The number of aromatic amines is 1. The van der Waals surface area contributed by atoms with Gasteiger partial charge in [-0.05, 0) is 78.7 Å². The number of likely N-dealkylation sites (N-methyl/N-ethyl adjacent to an activating group) is 1. The zero-order valence-electron chi connectivity index (χ0n) is 20.8. The van der Waals surface area contributed by atoms with E-state index >= 15 is 0 Å². The molecule has 0 spiro atoms. The van der Waals surface area contributed by atoms with Crippen LogP contribution < -0.4 is 0 Å². The van der Waals surface area contributed by atoms with Gasteiger partial charge in [-0.15, -0.1) is 0 Å². The van der Waals surface area contributed by atoms with E-state index in [1.165, 1.54) is 40.6 Å². The van der Waals surface area contributed by atoms with Crippen molar-refractivity contribution in [3.05, 3.63) is 77.0 Å². The van der Waals surface area contributed by atoms with Crippen LogP contribution in [-0.4, -0.2) is 52.7 Å². The van der Waals surface area contributed by atoms with Crippen molar-refractivity contribution >= 4 is 10.9 Å². The Balaban J connectivity index is 1.14. The van der Waals surface area contributed by atoms with Crippen molar-refractivity contribution in [2.75, 3.05) is 13.1 Å². The van der Waals surface area contributed by atoms with Crippen molar-refractivity contribution in [2.24, 2.45) is 7.05 Å². The first kappa shape index (κ1) is 21.5. The van der Waals surface area contributed by atoms with Gasteiger partial charge in [0.05, 0.1) is 23.1 Å². The third-order valence-electron chi connectivity index (χ3n) is 7.73. The van der Waals surface area contributed by atoms with E-state index in [9.17, 15) is 0 Å². The number of nitrogens with one attached hydrogen (secondary N) is 1. The Labute approximate surface area is 210 Å². The third-order valence-corrected chi connectivity index (χ3v) is 7.73. The van der Waals surface area contributed by atoms with E-state index < -0.39 is 0 Å². The summed E-state index contributed by atoms with van der Waals surface area (Å²) in [5.41, 5.74) is 8.51. The van der Waals surface area contributed by atoms with Crippen molar-refractivity contribution in [1.82, 2.24) is 39.6 Å². The number of aromatic nitrogens is 7. The number of fused-ring (bicyclic) bond motifs is 2. The van der Waals surface area contributed by atoms with E-state index in [1.807, 2.05) is 22.6 Å². The molecule has 8 heteroatoms. The van der Waals surface area contributed by atoms with Crippen molar-refractivity contribution in [3.63, 3.8) is 0 Å². The minimum absolute atomic E-state index is 0.638. The first-order valence-corrected chi connectivity index (χ1v) is 12.9. The molecule has 4 heterocycles. The maximum Gasteiger partial charge on any atom is 0.181 e. The van der Waals surface area contributed by atoms with Gasteiger partial charge >= 0.3 is 0 Å². The molecule has 2 aliphatic rings. The lowest BCUT2D eigenvalue weighted by Gasteiger charge is -2.23. The highest BCUT2D eigenvalue weighted by atomic mass is 15.3. The smallest absolute Gasteiger partial charge is 0.181 e. The summed E-state index contributed by atoms with van der Waals surface area (Å²) in [5, 5.41) is 18.2. The maximum atomic E-state index is 4.94. The number of hydrogen-bond acceptors (Lipinski definition) is 5. The van der Waals surface area contributed by atoms with E-state index in [1.54, 1.807) is 0 Å². The molecule has 1 N–H and O–H groups in total. The van der Waals surface area contributed by atoms with Crippen LogP contribution in [0.3, 0.4) is 0 Å². The lowest BCUT2D eigenvalue weighted by Crippen LogP contribution is -2.29. The average molecular weight is 479 g/mol.